The molecule has 0 atom stereocenters. The monoisotopic (exact) mass is 206 g/mol. The fraction of sp³-hybridized carbons (Fsp3) is 1.00. The van der Waals surface area contributed by atoms with Crippen molar-refractivity contribution in [3.8, 4) is 0 Å². The number of alkyl halides is 1. The second-order valence-corrected chi connectivity index (χ2v) is 3.89. The summed E-state index contributed by atoms with van der Waals surface area (Å²) >= 11 is 0. The van der Waals surface area contributed by atoms with Gasteiger partial charge in [-0.3, -0.25) is 4.39 Å². The van der Waals surface area contributed by atoms with E-state index in [0.717, 1.165) is 0 Å². The molecule has 0 heterocycles. The van der Waals surface area contributed by atoms with Gasteiger partial charge in [-0.05, 0) is 12.8 Å². The van der Waals surface area contributed by atoms with Gasteiger partial charge in [0, 0.05) is 5.75 Å². The van der Waals surface area contributed by atoms with Gasteiger partial charge >= 0.3 is 29.6 Å². The molecular formula is C6H12FNaO3S. The van der Waals surface area contributed by atoms with Gasteiger partial charge in [-0.25, -0.2) is 8.42 Å². The maximum atomic E-state index is 11.5. The van der Waals surface area contributed by atoms with E-state index in [0.29, 0.717) is 25.7 Å². The molecule has 0 radical (unpaired) electrons. The minimum absolute atomic E-state index is 0. The third-order valence-electron chi connectivity index (χ3n) is 1.28. The Labute approximate surface area is 94.8 Å². The summed E-state index contributed by atoms with van der Waals surface area (Å²) in [7, 11) is -4.06. The van der Waals surface area contributed by atoms with Gasteiger partial charge in [0.05, 0.1) is 16.8 Å². The molecule has 0 fully saturated rings. The number of rotatable bonds is 6. The molecule has 0 unspecified atom stereocenters. The maximum Gasteiger partial charge on any atom is 1.00 e. The zero-order valence-electron chi connectivity index (χ0n) is 7.25. The van der Waals surface area contributed by atoms with E-state index >= 15 is 0 Å². The third-order valence-corrected chi connectivity index (χ3v) is 2.07. The number of halogens is 1. The molecule has 68 valence electrons. The zero-order valence-corrected chi connectivity index (χ0v) is 10.1. The predicted molar refractivity (Wildman–Crippen MR) is 39.0 cm³/mol. The Morgan fingerprint density at radius 2 is 1.58 bits per heavy atom. The van der Waals surface area contributed by atoms with E-state index in [2.05, 4.69) is 0 Å². The molecule has 0 aliphatic heterocycles. The Hall–Kier alpha value is 0.840. The first-order valence-electron chi connectivity index (χ1n) is 3.56. The summed E-state index contributed by atoms with van der Waals surface area (Å²) in [5.41, 5.74) is 0. The molecule has 0 aliphatic rings. The summed E-state index contributed by atoms with van der Waals surface area (Å²) < 4.78 is 41.6. The average Bonchev–Trinajstić information content (AvgIpc) is 1.85. The molecule has 12 heavy (non-hydrogen) atoms. The van der Waals surface area contributed by atoms with E-state index in [9.17, 15) is 17.4 Å². The smallest absolute Gasteiger partial charge is 0.748 e. The maximum absolute atomic E-state index is 11.5. The van der Waals surface area contributed by atoms with Crippen LogP contribution < -0.4 is 29.6 Å². The van der Waals surface area contributed by atoms with Crippen molar-refractivity contribution in [3.63, 3.8) is 0 Å². The van der Waals surface area contributed by atoms with Gasteiger partial charge < -0.3 is 4.55 Å². The minimum Gasteiger partial charge on any atom is -0.748 e. The Morgan fingerprint density at radius 3 is 2.00 bits per heavy atom. The molecule has 3 nitrogen and oxygen atoms in total. The van der Waals surface area contributed by atoms with Crippen molar-refractivity contribution >= 4 is 10.1 Å². The summed E-state index contributed by atoms with van der Waals surface area (Å²) in [6.45, 7) is -0.371. The summed E-state index contributed by atoms with van der Waals surface area (Å²) in [6, 6.07) is 0. The van der Waals surface area contributed by atoms with Crippen molar-refractivity contribution in [1.82, 2.24) is 0 Å². The first kappa shape index (κ1) is 15.3. The summed E-state index contributed by atoms with van der Waals surface area (Å²) in [6.07, 6.45) is 2.09. The van der Waals surface area contributed by atoms with Crippen LogP contribution in [0.3, 0.4) is 0 Å². The quantitative estimate of drug-likeness (QED) is 0.289. The van der Waals surface area contributed by atoms with Gasteiger partial charge in [0.1, 0.15) is 0 Å². The number of hydrogen-bond acceptors (Lipinski definition) is 3. The first-order chi connectivity index (χ1) is 5.06. The van der Waals surface area contributed by atoms with E-state index < -0.39 is 10.1 Å². The molecule has 0 saturated heterocycles. The van der Waals surface area contributed by atoms with Crippen molar-refractivity contribution in [2.24, 2.45) is 0 Å². The molecule has 0 bridgehead atoms. The molecule has 0 amide bonds. The van der Waals surface area contributed by atoms with Crippen LogP contribution in [0.15, 0.2) is 0 Å². The Kier molecular flexibility index (Phi) is 10.8. The van der Waals surface area contributed by atoms with Crippen molar-refractivity contribution in [3.05, 3.63) is 0 Å². The SMILES string of the molecule is O=S(=O)([O-])CCCCCCF.[Na+]. The van der Waals surface area contributed by atoms with E-state index in [1.54, 1.807) is 0 Å². The summed E-state index contributed by atoms with van der Waals surface area (Å²) in [5.74, 6) is -0.320. The fourth-order valence-corrected chi connectivity index (χ4v) is 1.28. The van der Waals surface area contributed by atoms with Crippen LogP contribution in [0.25, 0.3) is 0 Å². The topological polar surface area (TPSA) is 57.2 Å². The Balaban J connectivity index is 0. The van der Waals surface area contributed by atoms with Crippen LogP contribution in [0.5, 0.6) is 0 Å². The van der Waals surface area contributed by atoms with E-state index in [1.165, 1.54) is 0 Å². The summed E-state index contributed by atoms with van der Waals surface area (Å²) in [5, 5.41) is 0. The van der Waals surface area contributed by atoms with Gasteiger partial charge in [0.15, 0.2) is 0 Å². The normalized spacial score (nSPS) is 10.8. The zero-order chi connectivity index (χ0) is 8.74. The van der Waals surface area contributed by atoms with Gasteiger partial charge in [0.2, 0.25) is 0 Å². The van der Waals surface area contributed by atoms with Gasteiger partial charge in [-0.1, -0.05) is 12.8 Å². The number of hydrogen-bond donors (Lipinski definition) is 0. The van der Waals surface area contributed by atoms with Crippen LogP contribution >= 0.6 is 0 Å². The minimum atomic E-state index is -4.06. The predicted octanol–water partition coefficient (Wildman–Crippen LogP) is -1.93. The molecule has 0 aliphatic carbocycles. The Bertz CT molecular complexity index is 181. The van der Waals surface area contributed by atoms with Crippen LogP contribution in [0, 0.1) is 0 Å². The number of unbranched alkanes of at least 4 members (excludes halogenated alkanes) is 3. The molecule has 0 rings (SSSR count). The molecule has 0 saturated carbocycles. The van der Waals surface area contributed by atoms with E-state index in [1.807, 2.05) is 0 Å². The average molecular weight is 206 g/mol. The standard InChI is InChI=1S/C6H13FO3S.Na/c7-5-3-1-2-4-6-11(8,9)10;/h1-6H2,(H,8,9,10);/q;+1/p-1. The van der Waals surface area contributed by atoms with E-state index in [4.69, 9.17) is 0 Å². The largest absolute Gasteiger partial charge is 1.00 e. The van der Waals surface area contributed by atoms with Gasteiger partial charge in [0.25, 0.3) is 0 Å². The molecule has 0 spiro atoms. The summed E-state index contributed by atoms with van der Waals surface area (Å²) in [4.78, 5) is 0. The second kappa shape index (κ2) is 8.44. The van der Waals surface area contributed by atoms with Crippen LogP contribution in [0.4, 0.5) is 4.39 Å². The van der Waals surface area contributed by atoms with Gasteiger partial charge in [-0.2, -0.15) is 0 Å². The first-order valence-corrected chi connectivity index (χ1v) is 5.13. The molecular weight excluding hydrogens is 194 g/mol. The third kappa shape index (κ3) is 13.4. The van der Waals surface area contributed by atoms with Crippen LogP contribution in [0.2, 0.25) is 0 Å². The van der Waals surface area contributed by atoms with Gasteiger partial charge in [-0.15, -0.1) is 0 Å². The van der Waals surface area contributed by atoms with Crippen molar-refractivity contribution in [1.29, 1.82) is 0 Å². The molecule has 0 N–H and O–H groups in total. The Morgan fingerprint density at radius 1 is 1.08 bits per heavy atom. The van der Waals surface area contributed by atoms with E-state index in [-0.39, 0.29) is 42.0 Å². The van der Waals surface area contributed by atoms with Crippen molar-refractivity contribution in [2.45, 2.75) is 25.7 Å². The fourth-order valence-electron chi connectivity index (χ4n) is 0.727. The molecule has 0 aromatic rings. The second-order valence-electron chi connectivity index (χ2n) is 2.36. The van der Waals surface area contributed by atoms with Crippen LogP contribution in [-0.2, 0) is 10.1 Å². The van der Waals surface area contributed by atoms with Crippen LogP contribution in [0.1, 0.15) is 25.7 Å². The van der Waals surface area contributed by atoms with Crippen molar-refractivity contribution in [2.75, 3.05) is 12.4 Å². The van der Waals surface area contributed by atoms with Crippen molar-refractivity contribution < 1.29 is 46.9 Å². The van der Waals surface area contributed by atoms with Crippen LogP contribution in [-0.4, -0.2) is 25.4 Å². The molecule has 0 aromatic heterocycles. The molecule has 0 aromatic carbocycles. The molecule has 6 heteroatoms.